The molecule has 1 unspecified atom stereocenters. The Labute approximate surface area is 107 Å². The lowest BCUT2D eigenvalue weighted by atomic mass is 10.1. The summed E-state index contributed by atoms with van der Waals surface area (Å²) >= 11 is 0. The zero-order valence-electron chi connectivity index (χ0n) is 11.0. The second kappa shape index (κ2) is 4.98. The first-order valence-electron chi connectivity index (χ1n) is 6.13. The van der Waals surface area contributed by atoms with Crippen molar-refractivity contribution in [3.05, 3.63) is 29.8 Å². The molecular weight excluding hydrogens is 230 g/mol. The van der Waals surface area contributed by atoms with Crippen LogP contribution in [0.25, 0.3) is 0 Å². The van der Waals surface area contributed by atoms with Crippen molar-refractivity contribution in [3.63, 3.8) is 0 Å². The van der Waals surface area contributed by atoms with Crippen molar-refractivity contribution < 1.29 is 14.3 Å². The van der Waals surface area contributed by atoms with Gasteiger partial charge in [-0.3, -0.25) is 5.32 Å². The van der Waals surface area contributed by atoms with E-state index < -0.39 is 11.7 Å². The molecule has 1 heterocycles. The van der Waals surface area contributed by atoms with Gasteiger partial charge in [0.2, 0.25) is 0 Å². The number of carbonyl (C=O) groups excluding carboxylic acids is 1. The van der Waals surface area contributed by atoms with Gasteiger partial charge in [-0.2, -0.15) is 0 Å². The largest absolute Gasteiger partial charge is 0.444 e. The number of nitrogens with one attached hydrogen (secondary N) is 1. The number of benzene rings is 1. The molecule has 1 saturated heterocycles. The van der Waals surface area contributed by atoms with Gasteiger partial charge in [0.1, 0.15) is 5.60 Å². The number of carbonyl (C=O) groups is 1. The van der Waals surface area contributed by atoms with Crippen LogP contribution in [0.15, 0.2) is 24.3 Å². The van der Waals surface area contributed by atoms with Crippen LogP contribution in [0.4, 0.5) is 10.5 Å². The highest BCUT2D eigenvalue weighted by Crippen LogP contribution is 2.19. The highest BCUT2D eigenvalue weighted by Gasteiger charge is 2.22. The lowest BCUT2D eigenvalue weighted by Gasteiger charge is -2.19. The maximum atomic E-state index is 11.6. The molecule has 1 atom stereocenters. The zero-order chi connectivity index (χ0) is 13.2. The van der Waals surface area contributed by atoms with Crippen molar-refractivity contribution in [2.75, 3.05) is 11.9 Å². The normalized spacial score (nSPS) is 18.3. The van der Waals surface area contributed by atoms with Crippen LogP contribution in [-0.4, -0.2) is 24.4 Å². The van der Waals surface area contributed by atoms with Crippen LogP contribution in [0.2, 0.25) is 0 Å². The Morgan fingerprint density at radius 3 is 2.83 bits per heavy atom. The molecule has 1 aliphatic heterocycles. The van der Waals surface area contributed by atoms with Gasteiger partial charge < -0.3 is 9.47 Å². The molecule has 2 rings (SSSR count). The molecule has 0 spiro atoms. The molecule has 4 heteroatoms. The second-order valence-electron chi connectivity index (χ2n) is 5.49. The van der Waals surface area contributed by atoms with Crippen LogP contribution in [0, 0.1) is 0 Å². The number of epoxide rings is 1. The molecule has 1 amide bonds. The lowest BCUT2D eigenvalue weighted by Crippen LogP contribution is -2.27. The van der Waals surface area contributed by atoms with Crippen molar-refractivity contribution in [2.45, 2.75) is 38.9 Å². The van der Waals surface area contributed by atoms with Crippen LogP contribution in [0.1, 0.15) is 26.3 Å². The van der Waals surface area contributed by atoms with Gasteiger partial charge in [-0.1, -0.05) is 12.1 Å². The number of hydrogen-bond acceptors (Lipinski definition) is 3. The Balaban J connectivity index is 1.93. The first kappa shape index (κ1) is 12.9. The summed E-state index contributed by atoms with van der Waals surface area (Å²) in [5.41, 5.74) is 1.43. The van der Waals surface area contributed by atoms with E-state index in [1.54, 1.807) is 0 Å². The minimum atomic E-state index is -0.483. The van der Waals surface area contributed by atoms with E-state index in [1.165, 1.54) is 0 Å². The smallest absolute Gasteiger partial charge is 0.412 e. The molecule has 0 bridgehead atoms. The molecule has 1 fully saturated rings. The van der Waals surface area contributed by atoms with Gasteiger partial charge in [-0.25, -0.2) is 4.79 Å². The molecule has 1 aliphatic rings. The number of hydrogen-bond donors (Lipinski definition) is 1. The monoisotopic (exact) mass is 249 g/mol. The Morgan fingerprint density at radius 2 is 2.22 bits per heavy atom. The molecule has 0 saturated carbocycles. The summed E-state index contributed by atoms with van der Waals surface area (Å²) in [6.45, 7) is 6.36. The Morgan fingerprint density at radius 1 is 1.50 bits per heavy atom. The standard InChI is InChI=1S/C14H19NO3/c1-14(2,3)18-13(16)15-11-6-4-5-10(7-11)8-12-9-17-12/h4-7,12H,8-9H2,1-3H3,(H,15,16). The maximum Gasteiger partial charge on any atom is 0.412 e. The highest BCUT2D eigenvalue weighted by molar-refractivity contribution is 5.84. The summed E-state index contributed by atoms with van der Waals surface area (Å²) in [5, 5.41) is 2.73. The Bertz CT molecular complexity index is 433. The summed E-state index contributed by atoms with van der Waals surface area (Å²) in [6.07, 6.45) is 0.813. The molecule has 4 nitrogen and oxygen atoms in total. The Hall–Kier alpha value is -1.55. The van der Waals surface area contributed by atoms with Gasteiger partial charge in [-0.05, 0) is 38.5 Å². The van der Waals surface area contributed by atoms with Gasteiger partial charge in [0.05, 0.1) is 12.7 Å². The zero-order valence-corrected chi connectivity index (χ0v) is 11.0. The quantitative estimate of drug-likeness (QED) is 0.838. The van der Waals surface area contributed by atoms with E-state index in [-0.39, 0.29) is 0 Å². The fourth-order valence-electron chi connectivity index (χ4n) is 1.65. The topological polar surface area (TPSA) is 50.9 Å². The van der Waals surface area contributed by atoms with E-state index in [4.69, 9.17) is 9.47 Å². The van der Waals surface area contributed by atoms with E-state index in [0.29, 0.717) is 6.10 Å². The second-order valence-corrected chi connectivity index (χ2v) is 5.49. The SMILES string of the molecule is CC(C)(C)OC(=O)Nc1cccc(CC2CO2)c1. The van der Waals surface area contributed by atoms with E-state index in [2.05, 4.69) is 5.32 Å². The third-order valence-electron chi connectivity index (χ3n) is 2.44. The van der Waals surface area contributed by atoms with Crippen molar-refractivity contribution in [1.82, 2.24) is 0 Å². The predicted molar refractivity (Wildman–Crippen MR) is 69.7 cm³/mol. The lowest BCUT2D eigenvalue weighted by molar-refractivity contribution is 0.0636. The van der Waals surface area contributed by atoms with Crippen molar-refractivity contribution in [1.29, 1.82) is 0 Å². The molecule has 18 heavy (non-hydrogen) atoms. The van der Waals surface area contributed by atoms with Crippen molar-refractivity contribution >= 4 is 11.8 Å². The average Bonchev–Trinajstić information content (AvgIpc) is 2.98. The number of ether oxygens (including phenoxy) is 2. The van der Waals surface area contributed by atoms with E-state index >= 15 is 0 Å². The summed E-state index contributed by atoms with van der Waals surface area (Å²) in [7, 11) is 0. The maximum absolute atomic E-state index is 11.6. The van der Waals surface area contributed by atoms with Crippen LogP contribution < -0.4 is 5.32 Å². The summed E-state index contributed by atoms with van der Waals surface area (Å²) in [6, 6.07) is 7.75. The van der Waals surface area contributed by atoms with Crippen LogP contribution in [-0.2, 0) is 15.9 Å². The summed E-state index contributed by atoms with van der Waals surface area (Å²) in [4.78, 5) is 11.6. The minimum absolute atomic E-state index is 0.349. The molecule has 98 valence electrons. The van der Waals surface area contributed by atoms with E-state index in [1.807, 2.05) is 45.0 Å². The molecule has 1 N–H and O–H groups in total. The predicted octanol–water partition coefficient (Wildman–Crippen LogP) is 2.97. The molecule has 0 radical (unpaired) electrons. The molecule has 1 aromatic rings. The average molecular weight is 249 g/mol. The number of anilines is 1. The van der Waals surface area contributed by atoms with E-state index in [0.717, 1.165) is 24.3 Å². The summed E-state index contributed by atoms with van der Waals surface area (Å²) < 4.78 is 10.4. The molecule has 1 aromatic carbocycles. The van der Waals surface area contributed by atoms with Gasteiger partial charge in [0.25, 0.3) is 0 Å². The van der Waals surface area contributed by atoms with Gasteiger partial charge in [-0.15, -0.1) is 0 Å². The van der Waals surface area contributed by atoms with Gasteiger partial charge in [0, 0.05) is 12.1 Å². The molecular formula is C14H19NO3. The highest BCUT2D eigenvalue weighted by atomic mass is 16.6. The fraction of sp³-hybridized carbons (Fsp3) is 0.500. The van der Waals surface area contributed by atoms with Gasteiger partial charge in [0.15, 0.2) is 0 Å². The number of amides is 1. The third-order valence-corrected chi connectivity index (χ3v) is 2.44. The van der Waals surface area contributed by atoms with Crippen molar-refractivity contribution in [3.8, 4) is 0 Å². The summed E-state index contributed by atoms with van der Waals surface area (Å²) in [5.74, 6) is 0. The van der Waals surface area contributed by atoms with Crippen LogP contribution >= 0.6 is 0 Å². The van der Waals surface area contributed by atoms with E-state index in [9.17, 15) is 4.79 Å². The fourth-order valence-corrected chi connectivity index (χ4v) is 1.65. The first-order valence-corrected chi connectivity index (χ1v) is 6.13. The minimum Gasteiger partial charge on any atom is -0.444 e. The molecule has 0 aromatic heterocycles. The van der Waals surface area contributed by atoms with Crippen LogP contribution in [0.3, 0.4) is 0 Å². The number of rotatable bonds is 3. The molecule has 0 aliphatic carbocycles. The Kier molecular flexibility index (Phi) is 3.57. The third kappa shape index (κ3) is 4.37. The van der Waals surface area contributed by atoms with Crippen LogP contribution in [0.5, 0.6) is 0 Å². The first-order chi connectivity index (χ1) is 8.42. The van der Waals surface area contributed by atoms with Gasteiger partial charge >= 0.3 is 6.09 Å². The van der Waals surface area contributed by atoms with Crippen molar-refractivity contribution in [2.24, 2.45) is 0 Å².